The maximum Gasteiger partial charge on any atom is 0.337 e. The van der Waals surface area contributed by atoms with Gasteiger partial charge in [0.05, 0.1) is 12.7 Å². The van der Waals surface area contributed by atoms with Crippen LogP contribution in [-0.4, -0.2) is 30.1 Å². The van der Waals surface area contributed by atoms with Gasteiger partial charge in [-0.25, -0.2) is 9.78 Å². The van der Waals surface area contributed by atoms with Crippen molar-refractivity contribution in [2.45, 2.75) is 46.1 Å². The maximum atomic E-state index is 12.1. The summed E-state index contributed by atoms with van der Waals surface area (Å²) in [6.07, 6.45) is 4.12. The number of esters is 1. The number of fused-ring (bicyclic) bond motifs is 1. The molecule has 1 heterocycles. The van der Waals surface area contributed by atoms with Gasteiger partial charge in [0.2, 0.25) is 5.91 Å². The smallest absolute Gasteiger partial charge is 0.337 e. The zero-order chi connectivity index (χ0) is 20.3. The number of rotatable bonds is 4. The Hall–Kier alpha value is -2.89. The molecule has 0 bridgehead atoms. The van der Waals surface area contributed by atoms with Gasteiger partial charge in [-0.15, -0.1) is 0 Å². The largest absolute Gasteiger partial charge is 0.490 e. The molecule has 0 saturated carbocycles. The van der Waals surface area contributed by atoms with E-state index in [1.165, 1.54) is 12.7 Å². The Morgan fingerprint density at radius 3 is 2.64 bits per heavy atom. The van der Waals surface area contributed by atoms with Crippen LogP contribution in [0.4, 0.5) is 5.82 Å². The lowest BCUT2D eigenvalue weighted by molar-refractivity contribution is -0.123. The highest BCUT2D eigenvalue weighted by Crippen LogP contribution is 2.27. The molecule has 2 aromatic rings. The SMILES string of the molecule is COC(=O)c1ccc2c(c1)CCC(Oc1ccnc(NC(=O)C(C)(C)C)c1)C2. The summed E-state index contributed by atoms with van der Waals surface area (Å²) in [5, 5.41) is 2.82. The second kappa shape index (κ2) is 8.00. The molecule has 0 aliphatic heterocycles. The summed E-state index contributed by atoms with van der Waals surface area (Å²) < 4.78 is 10.9. The van der Waals surface area contributed by atoms with Crippen LogP contribution < -0.4 is 10.1 Å². The van der Waals surface area contributed by atoms with Crippen molar-refractivity contribution in [2.24, 2.45) is 5.41 Å². The van der Waals surface area contributed by atoms with Crippen LogP contribution in [0.5, 0.6) is 5.75 Å². The summed E-state index contributed by atoms with van der Waals surface area (Å²) in [5.41, 5.74) is 2.43. The first-order valence-corrected chi connectivity index (χ1v) is 9.40. The van der Waals surface area contributed by atoms with Gasteiger partial charge >= 0.3 is 5.97 Å². The summed E-state index contributed by atoms with van der Waals surface area (Å²) in [4.78, 5) is 28.0. The summed E-state index contributed by atoms with van der Waals surface area (Å²) in [7, 11) is 1.39. The van der Waals surface area contributed by atoms with E-state index >= 15 is 0 Å². The zero-order valence-corrected chi connectivity index (χ0v) is 16.7. The van der Waals surface area contributed by atoms with Crippen LogP contribution in [-0.2, 0) is 22.4 Å². The van der Waals surface area contributed by atoms with Crippen LogP contribution in [0, 0.1) is 5.41 Å². The fourth-order valence-corrected chi connectivity index (χ4v) is 3.12. The number of hydrogen-bond acceptors (Lipinski definition) is 5. The first-order chi connectivity index (χ1) is 13.3. The van der Waals surface area contributed by atoms with Gasteiger partial charge < -0.3 is 14.8 Å². The first kappa shape index (κ1) is 19.9. The fraction of sp³-hybridized carbons (Fsp3) is 0.409. The van der Waals surface area contributed by atoms with Gasteiger partial charge in [-0.1, -0.05) is 26.8 Å². The topological polar surface area (TPSA) is 77.5 Å². The molecule has 3 rings (SSSR count). The number of benzene rings is 1. The Balaban J connectivity index is 1.66. The summed E-state index contributed by atoms with van der Waals surface area (Å²) in [6.45, 7) is 5.56. The highest BCUT2D eigenvalue weighted by Gasteiger charge is 2.23. The van der Waals surface area contributed by atoms with Crippen LogP contribution >= 0.6 is 0 Å². The molecule has 0 saturated heterocycles. The van der Waals surface area contributed by atoms with Gasteiger partial charge in [-0.3, -0.25) is 4.79 Å². The van der Waals surface area contributed by atoms with Crippen molar-refractivity contribution >= 4 is 17.7 Å². The van der Waals surface area contributed by atoms with Crippen molar-refractivity contribution in [3.05, 3.63) is 53.2 Å². The molecule has 1 aliphatic rings. The molecule has 1 atom stereocenters. The minimum atomic E-state index is -0.491. The molecule has 0 fully saturated rings. The lowest BCUT2D eigenvalue weighted by Gasteiger charge is -2.26. The van der Waals surface area contributed by atoms with E-state index in [-0.39, 0.29) is 18.0 Å². The monoisotopic (exact) mass is 382 g/mol. The van der Waals surface area contributed by atoms with Crippen LogP contribution in [0.25, 0.3) is 0 Å². The number of aromatic nitrogens is 1. The van der Waals surface area contributed by atoms with E-state index in [4.69, 9.17) is 9.47 Å². The van der Waals surface area contributed by atoms with E-state index in [1.807, 2.05) is 32.9 Å². The molecule has 1 amide bonds. The van der Waals surface area contributed by atoms with Crippen LogP contribution in [0.1, 0.15) is 48.7 Å². The average molecular weight is 382 g/mol. The molecule has 1 aromatic heterocycles. The number of anilines is 1. The van der Waals surface area contributed by atoms with Crippen molar-refractivity contribution in [3.63, 3.8) is 0 Å². The predicted molar refractivity (Wildman–Crippen MR) is 107 cm³/mol. The number of amides is 1. The number of aryl methyl sites for hydroxylation is 1. The van der Waals surface area contributed by atoms with E-state index < -0.39 is 5.41 Å². The third-order valence-corrected chi connectivity index (χ3v) is 4.77. The second-order valence-corrected chi connectivity index (χ2v) is 8.04. The van der Waals surface area contributed by atoms with Crippen molar-refractivity contribution < 1.29 is 19.1 Å². The van der Waals surface area contributed by atoms with E-state index in [1.54, 1.807) is 24.4 Å². The highest BCUT2D eigenvalue weighted by atomic mass is 16.5. The number of methoxy groups -OCH3 is 1. The Morgan fingerprint density at radius 1 is 1.14 bits per heavy atom. The molecule has 6 nitrogen and oxygen atoms in total. The number of carbonyl (C=O) groups excluding carboxylic acids is 2. The first-order valence-electron chi connectivity index (χ1n) is 9.40. The van der Waals surface area contributed by atoms with Gasteiger partial charge in [-0.2, -0.15) is 0 Å². The minimum Gasteiger partial charge on any atom is -0.490 e. The number of ether oxygens (including phenoxy) is 2. The minimum absolute atomic E-state index is 0.0324. The average Bonchev–Trinajstić information content (AvgIpc) is 2.66. The summed E-state index contributed by atoms with van der Waals surface area (Å²) >= 11 is 0. The highest BCUT2D eigenvalue weighted by molar-refractivity contribution is 5.93. The van der Waals surface area contributed by atoms with Crippen LogP contribution in [0.3, 0.4) is 0 Å². The Morgan fingerprint density at radius 2 is 1.93 bits per heavy atom. The predicted octanol–water partition coefficient (Wildman–Crippen LogP) is 3.79. The van der Waals surface area contributed by atoms with E-state index in [2.05, 4.69) is 10.3 Å². The normalized spacial score (nSPS) is 16.1. The van der Waals surface area contributed by atoms with Crippen molar-refractivity contribution in [3.8, 4) is 5.75 Å². The molecule has 1 N–H and O–H groups in total. The third kappa shape index (κ3) is 4.68. The van der Waals surface area contributed by atoms with Crippen molar-refractivity contribution in [1.29, 1.82) is 0 Å². The van der Waals surface area contributed by atoms with E-state index in [0.29, 0.717) is 17.1 Å². The number of nitrogens with zero attached hydrogens (tertiary/aromatic N) is 1. The van der Waals surface area contributed by atoms with Gasteiger partial charge in [0, 0.05) is 24.1 Å². The standard InChI is InChI=1S/C22H26N2O4/c1-22(2,3)21(26)24-19-13-18(9-10-23-19)28-17-8-7-14-11-16(20(25)27-4)6-5-15(14)12-17/h5-6,9-11,13,17H,7-8,12H2,1-4H3,(H,23,24,26). The van der Waals surface area contributed by atoms with E-state index in [9.17, 15) is 9.59 Å². The summed E-state index contributed by atoms with van der Waals surface area (Å²) in [5.74, 6) is 0.753. The number of nitrogens with one attached hydrogen (secondary N) is 1. The van der Waals surface area contributed by atoms with Crippen molar-refractivity contribution in [1.82, 2.24) is 4.98 Å². The van der Waals surface area contributed by atoms with Gasteiger partial charge in [0.25, 0.3) is 0 Å². The Kier molecular flexibility index (Phi) is 5.68. The third-order valence-electron chi connectivity index (χ3n) is 4.77. The second-order valence-electron chi connectivity index (χ2n) is 8.04. The molecule has 0 spiro atoms. The molecule has 148 valence electrons. The van der Waals surface area contributed by atoms with Gasteiger partial charge in [0.15, 0.2) is 0 Å². The molecule has 6 heteroatoms. The lowest BCUT2D eigenvalue weighted by Crippen LogP contribution is -2.28. The Bertz CT molecular complexity index is 886. The van der Waals surface area contributed by atoms with Crippen LogP contribution in [0.2, 0.25) is 0 Å². The number of pyridine rings is 1. The quantitative estimate of drug-likeness (QED) is 0.814. The van der Waals surface area contributed by atoms with Gasteiger partial charge in [-0.05, 0) is 42.2 Å². The molecule has 1 aromatic carbocycles. The van der Waals surface area contributed by atoms with E-state index in [0.717, 1.165) is 24.8 Å². The Labute approximate surface area is 165 Å². The van der Waals surface area contributed by atoms with Gasteiger partial charge in [0.1, 0.15) is 17.7 Å². The molecular weight excluding hydrogens is 356 g/mol. The molecular formula is C22H26N2O4. The summed E-state index contributed by atoms with van der Waals surface area (Å²) in [6, 6.07) is 9.21. The fourth-order valence-electron chi connectivity index (χ4n) is 3.12. The number of carbonyl (C=O) groups is 2. The molecule has 1 aliphatic carbocycles. The zero-order valence-electron chi connectivity index (χ0n) is 16.7. The number of hydrogen-bond donors (Lipinski definition) is 1. The molecule has 1 unspecified atom stereocenters. The van der Waals surface area contributed by atoms with Crippen LogP contribution in [0.15, 0.2) is 36.5 Å². The lowest BCUT2D eigenvalue weighted by atomic mass is 9.88. The molecule has 28 heavy (non-hydrogen) atoms. The van der Waals surface area contributed by atoms with Crippen molar-refractivity contribution in [2.75, 3.05) is 12.4 Å². The maximum absolute atomic E-state index is 12.1. The molecule has 0 radical (unpaired) electrons.